The summed E-state index contributed by atoms with van der Waals surface area (Å²) < 4.78 is 7.49. The van der Waals surface area contributed by atoms with Gasteiger partial charge in [0.05, 0.1) is 12.9 Å². The van der Waals surface area contributed by atoms with E-state index in [9.17, 15) is 10.2 Å². The van der Waals surface area contributed by atoms with E-state index in [1.165, 1.54) is 10.9 Å². The molecule has 0 saturated carbocycles. The van der Waals surface area contributed by atoms with Gasteiger partial charge >= 0.3 is 0 Å². The maximum absolute atomic E-state index is 10.0. The lowest BCUT2D eigenvalue weighted by molar-refractivity contribution is -0.0511. The number of imidazole rings is 1. The molecule has 3 rings (SSSR count). The van der Waals surface area contributed by atoms with Crippen molar-refractivity contribution in [2.45, 2.75) is 24.5 Å². The lowest BCUT2D eigenvalue weighted by Gasteiger charge is -2.16. The van der Waals surface area contributed by atoms with Crippen LogP contribution in [0.1, 0.15) is 6.23 Å². The Morgan fingerprint density at radius 3 is 2.75 bits per heavy atom. The number of rotatable bonds is 2. The molecule has 20 heavy (non-hydrogen) atoms. The molecule has 1 aliphatic heterocycles. The normalized spacial score (nSPS) is 30.2. The smallest absolute Gasteiger partial charge is 0.223 e. The zero-order valence-electron chi connectivity index (χ0n) is 10.1. The maximum Gasteiger partial charge on any atom is 0.223 e. The number of nitrogens with zero attached hydrogens (tertiary/aromatic N) is 4. The lowest BCUT2D eigenvalue weighted by Crippen LogP contribution is -2.33. The summed E-state index contributed by atoms with van der Waals surface area (Å²) in [4.78, 5) is 12.2. The van der Waals surface area contributed by atoms with Crippen molar-refractivity contribution in [1.82, 2.24) is 19.5 Å². The van der Waals surface area contributed by atoms with Gasteiger partial charge < -0.3 is 25.8 Å². The summed E-state index contributed by atoms with van der Waals surface area (Å²) in [5, 5.41) is 28.9. The molecular formula is C10H12IN5O4. The zero-order valence-corrected chi connectivity index (χ0v) is 12.2. The van der Waals surface area contributed by atoms with Crippen LogP contribution in [-0.4, -0.2) is 59.8 Å². The van der Waals surface area contributed by atoms with Gasteiger partial charge in [0.1, 0.15) is 27.5 Å². The van der Waals surface area contributed by atoms with Gasteiger partial charge in [-0.3, -0.25) is 4.57 Å². The first-order valence-corrected chi connectivity index (χ1v) is 6.88. The predicted octanol–water partition coefficient (Wildman–Crippen LogP) is -1.38. The molecule has 3 heterocycles. The number of aliphatic hydroxyl groups excluding tert-OH is 3. The van der Waals surface area contributed by atoms with Crippen LogP contribution in [0.3, 0.4) is 0 Å². The second-order valence-corrected chi connectivity index (χ2v) is 5.45. The number of nitrogen functional groups attached to an aromatic ring is 1. The molecule has 10 heteroatoms. The van der Waals surface area contributed by atoms with Crippen molar-refractivity contribution in [3.63, 3.8) is 0 Å². The van der Waals surface area contributed by atoms with Crippen LogP contribution in [0.2, 0.25) is 0 Å². The Bertz CT molecular complexity index is 650. The van der Waals surface area contributed by atoms with E-state index in [0.717, 1.165) is 0 Å². The Morgan fingerprint density at radius 1 is 1.35 bits per heavy atom. The summed E-state index contributed by atoms with van der Waals surface area (Å²) in [6.45, 7) is -0.393. The van der Waals surface area contributed by atoms with Gasteiger partial charge in [-0.15, -0.1) is 0 Å². The predicted molar refractivity (Wildman–Crippen MR) is 75.5 cm³/mol. The highest BCUT2D eigenvalue weighted by molar-refractivity contribution is 14.1. The van der Waals surface area contributed by atoms with Crippen molar-refractivity contribution in [1.29, 1.82) is 0 Å². The molecule has 4 atom stereocenters. The fraction of sp³-hybridized carbons (Fsp3) is 0.500. The quantitative estimate of drug-likeness (QED) is 0.362. The average molecular weight is 393 g/mol. The first kappa shape index (κ1) is 13.9. The molecule has 0 radical (unpaired) electrons. The maximum atomic E-state index is 10.0. The van der Waals surface area contributed by atoms with Gasteiger partial charge in [-0.05, 0) is 22.6 Å². The Morgan fingerprint density at radius 2 is 2.10 bits per heavy atom. The Labute approximate surface area is 126 Å². The van der Waals surface area contributed by atoms with Crippen LogP contribution in [0.4, 0.5) is 5.95 Å². The number of ether oxygens (including phenoxy) is 1. The molecule has 108 valence electrons. The molecule has 0 aliphatic carbocycles. The molecule has 1 fully saturated rings. The summed E-state index contributed by atoms with van der Waals surface area (Å²) in [5.41, 5.74) is 6.53. The van der Waals surface area contributed by atoms with E-state index in [-0.39, 0.29) is 5.95 Å². The van der Waals surface area contributed by atoms with E-state index in [1.807, 2.05) is 22.6 Å². The second kappa shape index (κ2) is 5.04. The molecule has 1 aliphatic rings. The topological polar surface area (TPSA) is 140 Å². The number of nitrogens with two attached hydrogens (primary N) is 1. The minimum Gasteiger partial charge on any atom is -0.394 e. The molecule has 2 aromatic rings. The number of fused-ring (bicyclic) bond motifs is 1. The highest BCUT2D eigenvalue weighted by Gasteiger charge is 2.44. The summed E-state index contributed by atoms with van der Waals surface area (Å²) in [6, 6.07) is 0. The summed E-state index contributed by atoms with van der Waals surface area (Å²) in [6.07, 6.45) is -2.69. The van der Waals surface area contributed by atoms with Crippen molar-refractivity contribution in [3.05, 3.63) is 10.0 Å². The first-order chi connectivity index (χ1) is 9.52. The minimum atomic E-state index is -1.20. The van der Waals surface area contributed by atoms with E-state index in [0.29, 0.717) is 14.9 Å². The van der Waals surface area contributed by atoms with Crippen LogP contribution in [0, 0.1) is 3.70 Å². The van der Waals surface area contributed by atoms with E-state index in [2.05, 4.69) is 15.0 Å². The SMILES string of the molecule is Nc1nc(I)c2ncn([C@@H]3O[C@H](CO)[C@@H](O)[C@@H]3O)c2n1. The van der Waals surface area contributed by atoms with Gasteiger partial charge in [0, 0.05) is 0 Å². The lowest BCUT2D eigenvalue weighted by atomic mass is 10.1. The zero-order chi connectivity index (χ0) is 14.4. The molecule has 1 saturated heterocycles. The van der Waals surface area contributed by atoms with Crippen molar-refractivity contribution < 1.29 is 20.1 Å². The molecule has 0 aromatic carbocycles. The van der Waals surface area contributed by atoms with Crippen LogP contribution in [-0.2, 0) is 4.74 Å². The monoisotopic (exact) mass is 393 g/mol. The standard InChI is InChI=1S/C10H12IN5O4/c11-7-4-8(15-10(12)14-7)16(2-13-4)9-6(19)5(18)3(1-17)20-9/h2-3,5-6,9,17-19H,1H2,(H2,12,14,15)/t3-,5-,6+,9-/m1/s1. The van der Waals surface area contributed by atoms with Gasteiger partial charge in [-0.2, -0.15) is 4.98 Å². The van der Waals surface area contributed by atoms with Gasteiger partial charge in [0.15, 0.2) is 11.9 Å². The Hall–Kier alpha value is -1.08. The van der Waals surface area contributed by atoms with Crippen molar-refractivity contribution in [2.75, 3.05) is 12.3 Å². The Kier molecular flexibility index (Phi) is 3.50. The molecule has 9 nitrogen and oxygen atoms in total. The molecule has 0 bridgehead atoms. The molecule has 0 amide bonds. The highest BCUT2D eigenvalue weighted by Crippen LogP contribution is 2.31. The molecular weight excluding hydrogens is 381 g/mol. The van der Waals surface area contributed by atoms with Gasteiger partial charge in [-0.1, -0.05) is 0 Å². The molecule has 0 unspecified atom stereocenters. The second-order valence-electron chi connectivity index (χ2n) is 4.43. The average Bonchev–Trinajstić information content (AvgIpc) is 2.93. The van der Waals surface area contributed by atoms with Crippen LogP contribution in [0.25, 0.3) is 11.2 Å². The van der Waals surface area contributed by atoms with E-state index in [1.54, 1.807) is 0 Å². The van der Waals surface area contributed by atoms with Gasteiger partial charge in [-0.25, -0.2) is 9.97 Å². The minimum absolute atomic E-state index is 0.0791. The fourth-order valence-electron chi connectivity index (χ4n) is 2.19. The molecule has 5 N–H and O–H groups in total. The van der Waals surface area contributed by atoms with Crippen molar-refractivity contribution >= 4 is 39.7 Å². The molecule has 2 aromatic heterocycles. The third-order valence-electron chi connectivity index (χ3n) is 3.19. The third kappa shape index (κ3) is 2.03. The highest BCUT2D eigenvalue weighted by atomic mass is 127. The third-order valence-corrected chi connectivity index (χ3v) is 3.94. The number of hydrogen-bond donors (Lipinski definition) is 4. The number of aliphatic hydroxyl groups is 3. The largest absolute Gasteiger partial charge is 0.394 e. The van der Waals surface area contributed by atoms with Crippen LogP contribution < -0.4 is 5.73 Å². The number of aromatic nitrogens is 4. The van der Waals surface area contributed by atoms with Gasteiger partial charge in [0.25, 0.3) is 0 Å². The molecule has 0 spiro atoms. The van der Waals surface area contributed by atoms with Crippen LogP contribution in [0.15, 0.2) is 6.33 Å². The summed E-state index contributed by atoms with van der Waals surface area (Å²) >= 11 is 1.98. The van der Waals surface area contributed by atoms with Crippen molar-refractivity contribution in [3.8, 4) is 0 Å². The van der Waals surface area contributed by atoms with E-state index >= 15 is 0 Å². The first-order valence-electron chi connectivity index (χ1n) is 5.81. The summed E-state index contributed by atoms with van der Waals surface area (Å²) in [7, 11) is 0. The number of hydrogen-bond acceptors (Lipinski definition) is 8. The van der Waals surface area contributed by atoms with Crippen LogP contribution in [0.5, 0.6) is 0 Å². The van der Waals surface area contributed by atoms with E-state index in [4.69, 9.17) is 15.6 Å². The van der Waals surface area contributed by atoms with Crippen LogP contribution >= 0.6 is 22.6 Å². The Balaban J connectivity index is 2.07. The number of halogens is 1. The van der Waals surface area contributed by atoms with Crippen molar-refractivity contribution in [2.24, 2.45) is 0 Å². The summed E-state index contributed by atoms with van der Waals surface area (Å²) in [5.74, 6) is 0.0791. The van der Waals surface area contributed by atoms with E-state index < -0.39 is 31.1 Å². The van der Waals surface area contributed by atoms with Gasteiger partial charge in [0.2, 0.25) is 5.95 Å². The fourth-order valence-corrected chi connectivity index (χ4v) is 2.82. The number of anilines is 1.